The van der Waals surface area contributed by atoms with Crippen LogP contribution in [0, 0.1) is 0 Å². The third kappa shape index (κ3) is 4.71. The van der Waals surface area contributed by atoms with Gasteiger partial charge in [-0.05, 0) is 24.6 Å². The van der Waals surface area contributed by atoms with E-state index in [0.717, 1.165) is 44.9 Å². The van der Waals surface area contributed by atoms with Crippen molar-refractivity contribution < 1.29 is 17.7 Å². The molecule has 158 valence electrons. The molecular formula is C22H23F3N4O. The number of piperazine rings is 1. The molecular weight excluding hydrogens is 393 g/mol. The quantitative estimate of drug-likeness (QED) is 0.607. The third-order valence-electron chi connectivity index (χ3n) is 5.45. The zero-order valence-electron chi connectivity index (χ0n) is 16.6. The Labute approximate surface area is 173 Å². The van der Waals surface area contributed by atoms with Crippen LogP contribution < -0.4 is 0 Å². The van der Waals surface area contributed by atoms with Crippen molar-refractivity contribution in [2.24, 2.45) is 0 Å². The molecule has 1 atom stereocenters. The van der Waals surface area contributed by atoms with Gasteiger partial charge in [-0.3, -0.25) is 9.80 Å². The highest BCUT2D eigenvalue weighted by Gasteiger charge is 2.31. The average Bonchev–Trinajstić information content (AvgIpc) is 3.24. The first-order valence-electron chi connectivity index (χ1n) is 9.92. The lowest BCUT2D eigenvalue weighted by atomic mass is 10.1. The average molecular weight is 416 g/mol. The van der Waals surface area contributed by atoms with Gasteiger partial charge in [0.25, 0.3) is 0 Å². The van der Waals surface area contributed by atoms with E-state index < -0.39 is 11.7 Å². The second-order valence-electron chi connectivity index (χ2n) is 7.51. The van der Waals surface area contributed by atoms with Gasteiger partial charge in [0.2, 0.25) is 11.7 Å². The minimum atomic E-state index is -4.41. The van der Waals surface area contributed by atoms with Crippen LogP contribution in [0.2, 0.25) is 0 Å². The van der Waals surface area contributed by atoms with Gasteiger partial charge in [0.05, 0.1) is 11.6 Å². The van der Waals surface area contributed by atoms with Gasteiger partial charge in [-0.2, -0.15) is 18.2 Å². The zero-order chi connectivity index (χ0) is 21.1. The second-order valence-corrected chi connectivity index (χ2v) is 7.51. The maximum Gasteiger partial charge on any atom is 0.416 e. The summed E-state index contributed by atoms with van der Waals surface area (Å²) in [5.41, 5.74) is 0.857. The molecule has 1 aromatic heterocycles. The first kappa shape index (κ1) is 20.6. The molecule has 1 fully saturated rings. The van der Waals surface area contributed by atoms with Gasteiger partial charge in [0.15, 0.2) is 0 Å². The molecule has 0 spiro atoms. The molecule has 1 saturated heterocycles. The molecule has 2 heterocycles. The summed E-state index contributed by atoms with van der Waals surface area (Å²) in [6.07, 6.45) is -4.41. The zero-order valence-corrected chi connectivity index (χ0v) is 16.6. The Kier molecular flexibility index (Phi) is 5.87. The summed E-state index contributed by atoms with van der Waals surface area (Å²) >= 11 is 0. The molecule has 1 unspecified atom stereocenters. The first-order valence-corrected chi connectivity index (χ1v) is 9.92. The van der Waals surface area contributed by atoms with Gasteiger partial charge in [0, 0.05) is 38.3 Å². The van der Waals surface area contributed by atoms with Gasteiger partial charge >= 0.3 is 6.18 Å². The van der Waals surface area contributed by atoms with Crippen molar-refractivity contribution in [3.05, 3.63) is 71.6 Å². The molecule has 8 heteroatoms. The minimum Gasteiger partial charge on any atom is -0.337 e. The fourth-order valence-electron chi connectivity index (χ4n) is 3.66. The van der Waals surface area contributed by atoms with Gasteiger partial charge in [0.1, 0.15) is 0 Å². The Morgan fingerprint density at radius 1 is 1.00 bits per heavy atom. The van der Waals surface area contributed by atoms with Crippen LogP contribution in [0.5, 0.6) is 0 Å². The SMILES string of the molecule is CC(c1nc(-c2cccc(C(F)(F)F)c2)no1)N1CCN(Cc2ccccc2)CC1. The lowest BCUT2D eigenvalue weighted by Gasteiger charge is -2.36. The summed E-state index contributed by atoms with van der Waals surface area (Å²) < 4.78 is 44.2. The van der Waals surface area contributed by atoms with Crippen LogP contribution in [-0.2, 0) is 12.7 Å². The number of rotatable bonds is 5. The van der Waals surface area contributed by atoms with Crippen molar-refractivity contribution in [1.29, 1.82) is 0 Å². The summed E-state index contributed by atoms with van der Waals surface area (Å²) in [6, 6.07) is 15.2. The molecule has 0 aliphatic carbocycles. The fourth-order valence-corrected chi connectivity index (χ4v) is 3.66. The largest absolute Gasteiger partial charge is 0.416 e. The predicted molar refractivity (Wildman–Crippen MR) is 106 cm³/mol. The highest BCUT2D eigenvalue weighted by molar-refractivity contribution is 5.55. The lowest BCUT2D eigenvalue weighted by Crippen LogP contribution is -2.46. The van der Waals surface area contributed by atoms with Gasteiger partial charge in [-0.15, -0.1) is 0 Å². The Hall–Kier alpha value is -2.71. The van der Waals surface area contributed by atoms with E-state index in [0.29, 0.717) is 11.5 Å². The van der Waals surface area contributed by atoms with E-state index in [9.17, 15) is 13.2 Å². The fraction of sp³-hybridized carbons (Fsp3) is 0.364. The standard InChI is InChI=1S/C22H23F3N4O/c1-16(29-12-10-28(11-13-29)15-17-6-3-2-4-7-17)21-26-20(27-30-21)18-8-5-9-19(14-18)22(23,24)25/h2-9,14,16H,10-13,15H2,1H3. The molecule has 1 aliphatic heterocycles. The Bertz CT molecular complexity index is 966. The Morgan fingerprint density at radius 3 is 2.43 bits per heavy atom. The van der Waals surface area contributed by atoms with Crippen molar-refractivity contribution in [3.8, 4) is 11.4 Å². The number of hydrogen-bond acceptors (Lipinski definition) is 5. The molecule has 4 rings (SSSR count). The van der Waals surface area contributed by atoms with Crippen LogP contribution in [0.25, 0.3) is 11.4 Å². The van der Waals surface area contributed by atoms with Crippen molar-refractivity contribution in [2.45, 2.75) is 25.7 Å². The maximum absolute atomic E-state index is 13.0. The smallest absolute Gasteiger partial charge is 0.337 e. The number of aromatic nitrogens is 2. The third-order valence-corrected chi connectivity index (χ3v) is 5.45. The minimum absolute atomic E-state index is 0.101. The monoisotopic (exact) mass is 416 g/mol. The topological polar surface area (TPSA) is 45.4 Å². The first-order chi connectivity index (χ1) is 14.4. The van der Waals surface area contributed by atoms with Crippen LogP contribution in [0.1, 0.15) is 30.0 Å². The van der Waals surface area contributed by atoms with Crippen molar-refractivity contribution in [1.82, 2.24) is 19.9 Å². The number of benzene rings is 2. The maximum atomic E-state index is 13.0. The van der Waals surface area contributed by atoms with Crippen LogP contribution >= 0.6 is 0 Å². The highest BCUT2D eigenvalue weighted by atomic mass is 19.4. The summed E-state index contributed by atoms with van der Waals surface area (Å²) in [6.45, 7) is 6.46. The number of alkyl halides is 3. The molecule has 0 saturated carbocycles. The van der Waals surface area contributed by atoms with E-state index in [1.807, 2.05) is 25.1 Å². The van der Waals surface area contributed by atoms with Gasteiger partial charge < -0.3 is 4.52 Å². The molecule has 5 nitrogen and oxygen atoms in total. The Morgan fingerprint density at radius 2 is 1.73 bits per heavy atom. The number of hydrogen-bond donors (Lipinski definition) is 0. The highest BCUT2D eigenvalue weighted by Crippen LogP contribution is 2.32. The molecule has 0 amide bonds. The summed E-state index contributed by atoms with van der Waals surface area (Å²) in [5.74, 6) is 0.588. The normalized spacial score (nSPS) is 17.2. The van der Waals surface area contributed by atoms with Crippen molar-refractivity contribution in [2.75, 3.05) is 26.2 Å². The Balaban J connectivity index is 1.38. The molecule has 0 radical (unpaired) electrons. The lowest BCUT2D eigenvalue weighted by molar-refractivity contribution is -0.137. The van der Waals surface area contributed by atoms with Crippen molar-refractivity contribution in [3.63, 3.8) is 0 Å². The van der Waals surface area contributed by atoms with E-state index >= 15 is 0 Å². The molecule has 2 aromatic carbocycles. The van der Waals surface area contributed by atoms with Gasteiger partial charge in [-0.25, -0.2) is 0 Å². The molecule has 3 aromatic rings. The number of halogens is 3. The van der Waals surface area contributed by atoms with E-state index in [1.54, 1.807) is 6.07 Å². The van der Waals surface area contributed by atoms with E-state index in [2.05, 4.69) is 32.1 Å². The van der Waals surface area contributed by atoms with E-state index in [4.69, 9.17) is 4.52 Å². The van der Waals surface area contributed by atoms with Crippen LogP contribution in [0.3, 0.4) is 0 Å². The predicted octanol–water partition coefficient (Wildman–Crippen LogP) is 4.63. The van der Waals surface area contributed by atoms with E-state index in [-0.39, 0.29) is 11.9 Å². The second kappa shape index (κ2) is 8.57. The van der Waals surface area contributed by atoms with Crippen molar-refractivity contribution >= 4 is 0 Å². The summed E-state index contributed by atoms with van der Waals surface area (Å²) in [7, 11) is 0. The molecule has 0 N–H and O–H groups in total. The molecule has 0 bridgehead atoms. The van der Waals surface area contributed by atoms with Gasteiger partial charge in [-0.1, -0.05) is 47.6 Å². The number of nitrogens with zero attached hydrogens (tertiary/aromatic N) is 4. The van der Waals surface area contributed by atoms with E-state index in [1.165, 1.54) is 11.6 Å². The summed E-state index contributed by atoms with van der Waals surface area (Å²) in [4.78, 5) is 9.02. The summed E-state index contributed by atoms with van der Waals surface area (Å²) in [5, 5.41) is 3.91. The van der Waals surface area contributed by atoms with Crippen LogP contribution in [-0.4, -0.2) is 46.1 Å². The van der Waals surface area contributed by atoms with Crippen LogP contribution in [0.4, 0.5) is 13.2 Å². The molecule has 30 heavy (non-hydrogen) atoms. The molecule has 1 aliphatic rings. The van der Waals surface area contributed by atoms with Crippen LogP contribution in [0.15, 0.2) is 59.1 Å².